The summed E-state index contributed by atoms with van der Waals surface area (Å²) in [5.74, 6) is -0.184. The quantitative estimate of drug-likeness (QED) is 0.792. The van der Waals surface area contributed by atoms with Gasteiger partial charge in [0.05, 0.1) is 0 Å². The molecule has 14 heavy (non-hydrogen) atoms. The lowest BCUT2D eigenvalue weighted by atomic mass is 10.2. The second-order valence-electron chi connectivity index (χ2n) is 3.63. The molecule has 0 radical (unpaired) electrons. The third kappa shape index (κ3) is 3.09. The number of hydrogen-bond acceptors (Lipinski definition) is 2. The Labute approximate surface area is 84.5 Å². The van der Waals surface area contributed by atoms with Crippen molar-refractivity contribution in [2.24, 2.45) is 5.73 Å². The van der Waals surface area contributed by atoms with Crippen LogP contribution in [0.1, 0.15) is 12.5 Å². The SMILES string of the molecule is CC(CN)N(C)Cc1cccc(F)c1. The van der Waals surface area contributed by atoms with Gasteiger partial charge in [-0.3, -0.25) is 4.90 Å². The van der Waals surface area contributed by atoms with Crippen LogP contribution in [0, 0.1) is 5.82 Å². The zero-order valence-corrected chi connectivity index (χ0v) is 8.70. The molecule has 0 aliphatic carbocycles. The van der Waals surface area contributed by atoms with Crippen LogP contribution in [0.3, 0.4) is 0 Å². The molecule has 0 amide bonds. The Morgan fingerprint density at radius 1 is 1.50 bits per heavy atom. The number of nitrogens with two attached hydrogens (primary N) is 1. The lowest BCUT2D eigenvalue weighted by Gasteiger charge is -2.23. The Morgan fingerprint density at radius 2 is 2.21 bits per heavy atom. The Kier molecular flexibility index (Phi) is 4.04. The van der Waals surface area contributed by atoms with Gasteiger partial charge in [-0.05, 0) is 31.7 Å². The largest absolute Gasteiger partial charge is 0.329 e. The van der Waals surface area contributed by atoms with Crippen molar-refractivity contribution in [2.45, 2.75) is 19.5 Å². The molecule has 78 valence electrons. The van der Waals surface area contributed by atoms with Gasteiger partial charge < -0.3 is 5.73 Å². The summed E-state index contributed by atoms with van der Waals surface area (Å²) >= 11 is 0. The van der Waals surface area contributed by atoms with Gasteiger partial charge in [0.25, 0.3) is 0 Å². The van der Waals surface area contributed by atoms with E-state index in [-0.39, 0.29) is 5.82 Å². The first-order valence-corrected chi connectivity index (χ1v) is 4.78. The minimum absolute atomic E-state index is 0.184. The highest BCUT2D eigenvalue weighted by atomic mass is 19.1. The van der Waals surface area contributed by atoms with Gasteiger partial charge in [0, 0.05) is 19.1 Å². The molecule has 0 heterocycles. The van der Waals surface area contributed by atoms with E-state index in [1.54, 1.807) is 12.1 Å². The number of nitrogens with zero attached hydrogens (tertiary/aromatic N) is 1. The summed E-state index contributed by atoms with van der Waals surface area (Å²) in [6, 6.07) is 6.97. The topological polar surface area (TPSA) is 29.3 Å². The molecule has 0 spiro atoms. The summed E-state index contributed by atoms with van der Waals surface area (Å²) in [6.45, 7) is 3.40. The fourth-order valence-corrected chi connectivity index (χ4v) is 1.26. The molecular weight excluding hydrogens is 179 g/mol. The lowest BCUT2D eigenvalue weighted by molar-refractivity contribution is 0.254. The number of benzene rings is 1. The van der Waals surface area contributed by atoms with Gasteiger partial charge in [-0.1, -0.05) is 12.1 Å². The smallest absolute Gasteiger partial charge is 0.123 e. The molecule has 2 N–H and O–H groups in total. The minimum atomic E-state index is -0.184. The van der Waals surface area contributed by atoms with Crippen LogP contribution in [0.25, 0.3) is 0 Å². The molecule has 0 saturated carbocycles. The molecule has 2 nitrogen and oxygen atoms in total. The van der Waals surface area contributed by atoms with Gasteiger partial charge in [0.15, 0.2) is 0 Å². The van der Waals surface area contributed by atoms with E-state index in [0.717, 1.165) is 12.1 Å². The first kappa shape index (κ1) is 11.1. The second-order valence-corrected chi connectivity index (χ2v) is 3.63. The Bertz CT molecular complexity index is 288. The van der Waals surface area contributed by atoms with Gasteiger partial charge in [-0.15, -0.1) is 0 Å². The fraction of sp³-hybridized carbons (Fsp3) is 0.455. The number of likely N-dealkylation sites (N-methyl/N-ethyl adjacent to an activating group) is 1. The molecule has 1 aromatic carbocycles. The average Bonchev–Trinajstić information content (AvgIpc) is 2.16. The summed E-state index contributed by atoms with van der Waals surface area (Å²) in [4.78, 5) is 2.11. The standard InChI is InChI=1S/C11H17FN2/c1-9(7-13)14(2)8-10-4-3-5-11(12)6-10/h3-6,9H,7-8,13H2,1-2H3. The van der Waals surface area contributed by atoms with Gasteiger partial charge in [0.1, 0.15) is 5.82 Å². The van der Waals surface area contributed by atoms with Crippen LogP contribution in [0.5, 0.6) is 0 Å². The van der Waals surface area contributed by atoms with Gasteiger partial charge in [-0.25, -0.2) is 4.39 Å². The van der Waals surface area contributed by atoms with E-state index < -0.39 is 0 Å². The highest BCUT2D eigenvalue weighted by Crippen LogP contribution is 2.07. The predicted molar refractivity (Wildman–Crippen MR) is 56.4 cm³/mol. The molecule has 1 rings (SSSR count). The first-order chi connectivity index (χ1) is 6.63. The van der Waals surface area contributed by atoms with Crippen molar-refractivity contribution in [1.29, 1.82) is 0 Å². The zero-order valence-electron chi connectivity index (χ0n) is 8.70. The average molecular weight is 196 g/mol. The molecule has 1 atom stereocenters. The van der Waals surface area contributed by atoms with Crippen molar-refractivity contribution in [3.63, 3.8) is 0 Å². The Balaban J connectivity index is 2.60. The molecule has 0 aliphatic rings. The Hall–Kier alpha value is -0.930. The summed E-state index contributed by atoms with van der Waals surface area (Å²) in [5.41, 5.74) is 6.52. The highest BCUT2D eigenvalue weighted by Gasteiger charge is 2.07. The maximum Gasteiger partial charge on any atom is 0.123 e. The molecule has 0 aliphatic heterocycles. The van der Waals surface area contributed by atoms with E-state index in [2.05, 4.69) is 11.8 Å². The fourth-order valence-electron chi connectivity index (χ4n) is 1.26. The zero-order chi connectivity index (χ0) is 10.6. The third-order valence-corrected chi connectivity index (χ3v) is 2.41. The van der Waals surface area contributed by atoms with E-state index in [9.17, 15) is 4.39 Å². The van der Waals surface area contributed by atoms with Gasteiger partial charge in [0.2, 0.25) is 0 Å². The molecule has 0 saturated heterocycles. The molecule has 1 unspecified atom stereocenters. The molecule has 3 heteroatoms. The van der Waals surface area contributed by atoms with Crippen LogP contribution in [-0.4, -0.2) is 24.5 Å². The highest BCUT2D eigenvalue weighted by molar-refractivity contribution is 5.16. The molecular formula is C11H17FN2. The summed E-state index contributed by atoms with van der Waals surface area (Å²) in [7, 11) is 1.99. The van der Waals surface area contributed by atoms with Crippen LogP contribution in [0.4, 0.5) is 4.39 Å². The van der Waals surface area contributed by atoms with Gasteiger partial charge >= 0.3 is 0 Å². The second kappa shape index (κ2) is 5.08. The maximum absolute atomic E-state index is 12.9. The van der Waals surface area contributed by atoms with Crippen molar-refractivity contribution >= 4 is 0 Å². The summed E-state index contributed by atoms with van der Waals surface area (Å²) < 4.78 is 12.9. The van der Waals surface area contributed by atoms with Crippen LogP contribution < -0.4 is 5.73 Å². The number of rotatable bonds is 4. The Morgan fingerprint density at radius 3 is 2.79 bits per heavy atom. The maximum atomic E-state index is 12.9. The summed E-state index contributed by atoms with van der Waals surface area (Å²) in [6.07, 6.45) is 0. The van der Waals surface area contributed by atoms with Crippen molar-refractivity contribution in [3.05, 3.63) is 35.6 Å². The molecule has 0 bridgehead atoms. The van der Waals surface area contributed by atoms with Crippen LogP contribution in [0.2, 0.25) is 0 Å². The normalized spacial score (nSPS) is 13.2. The molecule has 0 aromatic heterocycles. The van der Waals surface area contributed by atoms with E-state index in [1.165, 1.54) is 6.07 Å². The van der Waals surface area contributed by atoms with Crippen LogP contribution in [-0.2, 0) is 6.54 Å². The molecule has 1 aromatic rings. The van der Waals surface area contributed by atoms with E-state index >= 15 is 0 Å². The van der Waals surface area contributed by atoms with Crippen molar-refractivity contribution < 1.29 is 4.39 Å². The van der Waals surface area contributed by atoms with E-state index in [1.807, 2.05) is 13.1 Å². The number of halogens is 1. The van der Waals surface area contributed by atoms with Crippen molar-refractivity contribution in [2.75, 3.05) is 13.6 Å². The van der Waals surface area contributed by atoms with Crippen molar-refractivity contribution in [3.8, 4) is 0 Å². The predicted octanol–water partition coefficient (Wildman–Crippen LogP) is 1.60. The van der Waals surface area contributed by atoms with Crippen LogP contribution in [0.15, 0.2) is 24.3 Å². The minimum Gasteiger partial charge on any atom is -0.329 e. The molecule has 0 fully saturated rings. The monoisotopic (exact) mass is 196 g/mol. The van der Waals surface area contributed by atoms with Crippen molar-refractivity contribution in [1.82, 2.24) is 4.90 Å². The van der Waals surface area contributed by atoms with Gasteiger partial charge in [-0.2, -0.15) is 0 Å². The lowest BCUT2D eigenvalue weighted by Crippen LogP contribution is -2.34. The summed E-state index contributed by atoms with van der Waals surface area (Å²) in [5, 5.41) is 0. The first-order valence-electron chi connectivity index (χ1n) is 4.78. The van der Waals surface area contributed by atoms with Crippen LogP contribution >= 0.6 is 0 Å². The number of hydrogen-bond donors (Lipinski definition) is 1. The van der Waals surface area contributed by atoms with E-state index in [0.29, 0.717) is 12.6 Å². The van der Waals surface area contributed by atoms with E-state index in [4.69, 9.17) is 5.73 Å². The third-order valence-electron chi connectivity index (χ3n) is 2.41.